The van der Waals surface area contributed by atoms with Crippen molar-refractivity contribution < 1.29 is 32.4 Å². The number of nitro benzene ring substituents is 1. The Labute approximate surface area is 201 Å². The molecule has 3 rings (SSSR count). The van der Waals surface area contributed by atoms with Gasteiger partial charge in [0.2, 0.25) is 0 Å². The molecule has 0 atom stereocenters. The normalized spacial score (nSPS) is 13.7. The predicted molar refractivity (Wildman–Crippen MR) is 126 cm³/mol. The van der Waals surface area contributed by atoms with Gasteiger partial charge in [-0.3, -0.25) is 24.6 Å². The minimum absolute atomic E-state index is 0.0582. The SMILES string of the molecule is O=C(COC(=O)COc1ccccc1[N+](=O)[O-])Nc1cccc(S(=O)(=O)NC2=NCCCCC2)c1. The van der Waals surface area contributed by atoms with Crippen LogP contribution in [0.25, 0.3) is 0 Å². The number of nitro groups is 1. The van der Waals surface area contributed by atoms with E-state index >= 15 is 0 Å². The van der Waals surface area contributed by atoms with Crippen molar-refractivity contribution in [3.05, 3.63) is 58.6 Å². The van der Waals surface area contributed by atoms with E-state index in [-0.39, 0.29) is 22.0 Å². The Kier molecular flexibility index (Phi) is 8.73. The monoisotopic (exact) mass is 504 g/mol. The van der Waals surface area contributed by atoms with E-state index in [0.29, 0.717) is 18.8 Å². The Morgan fingerprint density at radius 3 is 2.66 bits per heavy atom. The van der Waals surface area contributed by atoms with Crippen molar-refractivity contribution in [2.45, 2.75) is 30.6 Å². The summed E-state index contributed by atoms with van der Waals surface area (Å²) in [5.74, 6) is -1.32. The maximum absolute atomic E-state index is 12.7. The highest BCUT2D eigenvalue weighted by atomic mass is 32.2. The van der Waals surface area contributed by atoms with Crippen LogP contribution >= 0.6 is 0 Å². The molecule has 1 aliphatic heterocycles. The Hall–Kier alpha value is -4.00. The first-order valence-electron chi connectivity index (χ1n) is 10.7. The standard InChI is InChI=1S/C22H24N4O8S/c27-21(14-34-22(28)15-33-19-10-4-3-9-18(19)26(29)30)24-16-7-6-8-17(13-16)35(31,32)25-20-11-2-1-5-12-23-20/h3-4,6-10,13H,1-2,5,11-12,14-15H2,(H,23,25)(H,24,27). The smallest absolute Gasteiger partial charge is 0.344 e. The number of aliphatic imine (C=N–C) groups is 1. The van der Waals surface area contributed by atoms with E-state index in [4.69, 9.17) is 9.47 Å². The number of anilines is 1. The molecule has 0 fully saturated rings. The molecule has 0 unspecified atom stereocenters. The number of amidine groups is 1. The molecule has 35 heavy (non-hydrogen) atoms. The van der Waals surface area contributed by atoms with Gasteiger partial charge in [-0.25, -0.2) is 13.2 Å². The second kappa shape index (κ2) is 11.9. The molecule has 2 aromatic carbocycles. The number of benzene rings is 2. The van der Waals surface area contributed by atoms with Crippen molar-refractivity contribution in [3.63, 3.8) is 0 Å². The second-order valence-electron chi connectivity index (χ2n) is 7.49. The lowest BCUT2D eigenvalue weighted by molar-refractivity contribution is -0.385. The van der Waals surface area contributed by atoms with Gasteiger partial charge in [0.1, 0.15) is 5.84 Å². The molecule has 0 aliphatic carbocycles. The number of carbonyl (C=O) groups excluding carboxylic acids is 2. The summed E-state index contributed by atoms with van der Waals surface area (Å²) >= 11 is 0. The number of nitrogens with zero attached hydrogens (tertiary/aromatic N) is 2. The van der Waals surface area contributed by atoms with Crippen molar-refractivity contribution in [1.82, 2.24) is 4.72 Å². The maximum Gasteiger partial charge on any atom is 0.344 e. The van der Waals surface area contributed by atoms with Crippen molar-refractivity contribution in [1.29, 1.82) is 0 Å². The van der Waals surface area contributed by atoms with Crippen molar-refractivity contribution in [2.75, 3.05) is 25.1 Å². The number of rotatable bonds is 9. The molecule has 0 radical (unpaired) electrons. The van der Waals surface area contributed by atoms with Crippen molar-refractivity contribution >= 4 is 39.1 Å². The van der Waals surface area contributed by atoms with E-state index in [9.17, 15) is 28.1 Å². The van der Waals surface area contributed by atoms with Gasteiger partial charge >= 0.3 is 11.7 Å². The number of hydrogen-bond donors (Lipinski definition) is 2. The molecule has 13 heteroatoms. The quantitative estimate of drug-likeness (QED) is 0.298. The van der Waals surface area contributed by atoms with E-state index in [1.54, 1.807) is 0 Å². The van der Waals surface area contributed by atoms with Crippen LogP contribution in [0.3, 0.4) is 0 Å². The lowest BCUT2D eigenvalue weighted by Crippen LogP contribution is -2.30. The molecule has 12 nitrogen and oxygen atoms in total. The molecule has 0 aromatic heterocycles. The summed E-state index contributed by atoms with van der Waals surface area (Å²) in [6.07, 6.45) is 3.29. The van der Waals surface area contributed by atoms with E-state index in [0.717, 1.165) is 19.3 Å². The van der Waals surface area contributed by atoms with Crippen molar-refractivity contribution in [2.24, 2.45) is 4.99 Å². The zero-order chi connectivity index (χ0) is 25.3. The first-order valence-corrected chi connectivity index (χ1v) is 12.2. The molecule has 0 bridgehead atoms. The topological polar surface area (TPSA) is 166 Å². The van der Waals surface area contributed by atoms with Gasteiger partial charge in [0.05, 0.1) is 9.82 Å². The van der Waals surface area contributed by atoms with E-state index in [1.807, 2.05) is 0 Å². The number of amides is 1. The fraction of sp³-hybridized carbons (Fsp3) is 0.318. The lowest BCUT2D eigenvalue weighted by atomic mass is 10.2. The molecule has 2 aromatic rings. The Morgan fingerprint density at radius 1 is 1.06 bits per heavy atom. The summed E-state index contributed by atoms with van der Waals surface area (Å²) in [6.45, 7) is -0.730. The molecule has 0 saturated carbocycles. The zero-order valence-electron chi connectivity index (χ0n) is 18.6. The molecule has 1 heterocycles. The van der Waals surface area contributed by atoms with Crippen LogP contribution in [-0.2, 0) is 24.3 Å². The summed E-state index contributed by atoms with van der Waals surface area (Å²) in [6, 6.07) is 11.1. The highest BCUT2D eigenvalue weighted by Gasteiger charge is 2.19. The lowest BCUT2D eigenvalue weighted by Gasteiger charge is -2.11. The van der Waals surface area contributed by atoms with Gasteiger partial charge in [0.25, 0.3) is 15.9 Å². The highest BCUT2D eigenvalue weighted by molar-refractivity contribution is 7.90. The van der Waals surface area contributed by atoms with E-state index in [2.05, 4.69) is 15.0 Å². The molecule has 1 aliphatic rings. The van der Waals surface area contributed by atoms with Crippen LogP contribution in [0.2, 0.25) is 0 Å². The largest absolute Gasteiger partial charge is 0.475 e. The Morgan fingerprint density at radius 2 is 1.86 bits per heavy atom. The average Bonchev–Trinajstić information content (AvgIpc) is 3.10. The summed E-state index contributed by atoms with van der Waals surface area (Å²) in [5, 5.41) is 13.4. The molecule has 1 amide bonds. The van der Waals surface area contributed by atoms with E-state index in [1.165, 1.54) is 48.5 Å². The van der Waals surface area contributed by atoms with Crippen molar-refractivity contribution in [3.8, 4) is 5.75 Å². The van der Waals surface area contributed by atoms with Crippen LogP contribution < -0.4 is 14.8 Å². The van der Waals surface area contributed by atoms with Crippen LogP contribution in [0.4, 0.5) is 11.4 Å². The van der Waals surface area contributed by atoms with Crippen LogP contribution in [-0.4, -0.2) is 50.8 Å². The summed E-state index contributed by atoms with van der Waals surface area (Å²) in [4.78, 5) is 38.5. The fourth-order valence-corrected chi connectivity index (χ4v) is 4.30. The number of sulfonamides is 1. The number of esters is 1. The van der Waals surface area contributed by atoms with E-state index < -0.39 is 40.0 Å². The van der Waals surface area contributed by atoms with Gasteiger partial charge in [-0.2, -0.15) is 0 Å². The fourth-order valence-electron chi connectivity index (χ4n) is 3.16. The molecule has 186 valence electrons. The predicted octanol–water partition coefficient (Wildman–Crippen LogP) is 2.41. The third-order valence-corrected chi connectivity index (χ3v) is 6.21. The third kappa shape index (κ3) is 7.78. The molecule has 0 spiro atoms. The van der Waals surface area contributed by atoms with Crippen LogP contribution in [0, 0.1) is 10.1 Å². The minimum Gasteiger partial charge on any atom is -0.475 e. The van der Waals surface area contributed by atoms with Gasteiger partial charge < -0.3 is 14.8 Å². The third-order valence-electron chi connectivity index (χ3n) is 4.83. The Bertz CT molecular complexity index is 1230. The average molecular weight is 505 g/mol. The number of carbonyl (C=O) groups is 2. The van der Waals surface area contributed by atoms with Crippen LogP contribution in [0.15, 0.2) is 58.4 Å². The van der Waals surface area contributed by atoms with Gasteiger partial charge in [-0.15, -0.1) is 0 Å². The minimum atomic E-state index is -3.89. The number of para-hydroxylation sites is 2. The van der Waals surface area contributed by atoms with Gasteiger partial charge in [0.15, 0.2) is 19.0 Å². The van der Waals surface area contributed by atoms with Crippen LogP contribution in [0.5, 0.6) is 5.75 Å². The zero-order valence-corrected chi connectivity index (χ0v) is 19.5. The maximum atomic E-state index is 12.7. The second-order valence-corrected chi connectivity index (χ2v) is 9.18. The Balaban J connectivity index is 1.51. The summed E-state index contributed by atoms with van der Waals surface area (Å²) in [5.41, 5.74) is -0.124. The number of ether oxygens (including phenoxy) is 2. The molecule has 2 N–H and O–H groups in total. The molecule has 0 saturated heterocycles. The van der Waals surface area contributed by atoms with Gasteiger partial charge in [0, 0.05) is 24.7 Å². The summed E-state index contributed by atoms with van der Waals surface area (Å²) in [7, 11) is -3.89. The van der Waals surface area contributed by atoms with Gasteiger partial charge in [-0.05, 0) is 37.1 Å². The molecular weight excluding hydrogens is 480 g/mol. The van der Waals surface area contributed by atoms with Crippen LogP contribution in [0.1, 0.15) is 25.7 Å². The van der Waals surface area contributed by atoms with Gasteiger partial charge in [-0.1, -0.05) is 24.6 Å². The number of nitrogens with one attached hydrogen (secondary N) is 2. The molecular formula is C22H24N4O8S. The highest BCUT2D eigenvalue weighted by Crippen LogP contribution is 2.25. The first kappa shape index (κ1) is 25.6. The number of hydrogen-bond acceptors (Lipinski definition) is 9. The first-order chi connectivity index (χ1) is 16.7. The summed E-state index contributed by atoms with van der Waals surface area (Å²) < 4.78 is 37.8.